The number of carbonyl (C=O) groups is 1. The van der Waals surface area contributed by atoms with Gasteiger partial charge in [-0.25, -0.2) is 4.98 Å². The average Bonchev–Trinajstić information content (AvgIpc) is 3.63. The van der Waals surface area contributed by atoms with Gasteiger partial charge in [-0.3, -0.25) is 9.69 Å². The first kappa shape index (κ1) is 29.3. The van der Waals surface area contributed by atoms with Gasteiger partial charge in [-0.15, -0.1) is 0 Å². The number of aromatic nitrogens is 3. The van der Waals surface area contributed by atoms with E-state index in [1.165, 1.54) is 0 Å². The third-order valence-corrected chi connectivity index (χ3v) is 9.06. The molecule has 7 rings (SSSR count). The van der Waals surface area contributed by atoms with Crippen LogP contribution in [0.25, 0.3) is 5.65 Å². The molecule has 3 aromatic rings. The summed E-state index contributed by atoms with van der Waals surface area (Å²) in [6, 6.07) is 5.83. The molecular formula is C31H38ClN7O5. The predicted molar refractivity (Wildman–Crippen MR) is 167 cm³/mol. The fourth-order valence-corrected chi connectivity index (χ4v) is 6.75. The lowest BCUT2D eigenvalue weighted by Gasteiger charge is -2.33. The third kappa shape index (κ3) is 5.96. The van der Waals surface area contributed by atoms with E-state index >= 15 is 0 Å². The van der Waals surface area contributed by atoms with E-state index in [2.05, 4.69) is 26.3 Å². The summed E-state index contributed by atoms with van der Waals surface area (Å²) in [7, 11) is 0. The van der Waals surface area contributed by atoms with Gasteiger partial charge in [-0.1, -0.05) is 17.7 Å². The van der Waals surface area contributed by atoms with Gasteiger partial charge >= 0.3 is 0 Å². The van der Waals surface area contributed by atoms with Crippen LogP contribution in [0.5, 0.6) is 5.75 Å². The van der Waals surface area contributed by atoms with Crippen molar-refractivity contribution in [3.8, 4) is 5.75 Å². The molecule has 0 unspecified atom stereocenters. The van der Waals surface area contributed by atoms with Crippen molar-refractivity contribution in [2.24, 2.45) is 0 Å². The maximum Gasteiger partial charge on any atom is 0.227 e. The summed E-state index contributed by atoms with van der Waals surface area (Å²) < 4.78 is 19.7. The Kier molecular flexibility index (Phi) is 8.59. The minimum absolute atomic E-state index is 0.0119. The standard InChI is InChI=1S/C31H38ClN7O5/c32-25-18-33-39-28-17-27(35-31(25)39)38-19-24(16-23(38)20-40)43-10-1-2-11-44-26-15-22(34-28)14-21-4-5-29(41)37(30(21)26)7-3-6-36-8-12-42-13-9-36/h1-2,14-15,17-18,23-24,34,40H,3-13,16,19-20H2/b2-1+/t23-,24-/m0/s1. The molecule has 1 aromatic carbocycles. The minimum atomic E-state index is -0.130. The number of rotatable bonds is 5. The molecule has 12 nitrogen and oxygen atoms in total. The number of hydrogen-bond donors (Lipinski definition) is 2. The summed E-state index contributed by atoms with van der Waals surface area (Å²) in [5, 5.41) is 18.6. The second kappa shape index (κ2) is 12.9. The molecule has 4 aliphatic heterocycles. The molecule has 2 N–H and O–H groups in total. The second-order valence-electron chi connectivity index (χ2n) is 11.6. The molecular weight excluding hydrogens is 586 g/mol. The molecule has 2 aromatic heterocycles. The summed E-state index contributed by atoms with van der Waals surface area (Å²) in [6.07, 6.45) is 8.05. The van der Waals surface area contributed by atoms with E-state index in [0.29, 0.717) is 73.6 Å². The summed E-state index contributed by atoms with van der Waals surface area (Å²) in [6.45, 7) is 6.26. The summed E-state index contributed by atoms with van der Waals surface area (Å²) in [4.78, 5) is 24.5. The number of anilines is 4. The molecule has 6 heterocycles. The van der Waals surface area contributed by atoms with Crippen LogP contribution in [0.2, 0.25) is 5.02 Å². The highest BCUT2D eigenvalue weighted by molar-refractivity contribution is 6.33. The van der Waals surface area contributed by atoms with E-state index in [-0.39, 0.29) is 24.7 Å². The Morgan fingerprint density at radius 1 is 1.09 bits per heavy atom. The van der Waals surface area contributed by atoms with Gasteiger partial charge in [-0.05, 0) is 37.0 Å². The molecule has 0 saturated carbocycles. The van der Waals surface area contributed by atoms with Crippen LogP contribution in [0.4, 0.5) is 23.0 Å². The van der Waals surface area contributed by atoms with Gasteiger partial charge in [0.05, 0.1) is 50.5 Å². The maximum absolute atomic E-state index is 13.3. The monoisotopic (exact) mass is 623 g/mol. The zero-order valence-corrected chi connectivity index (χ0v) is 25.4. The Bertz CT molecular complexity index is 1540. The van der Waals surface area contributed by atoms with Gasteiger partial charge in [-0.2, -0.15) is 9.61 Å². The smallest absolute Gasteiger partial charge is 0.227 e. The van der Waals surface area contributed by atoms with Gasteiger partial charge in [0.25, 0.3) is 0 Å². The van der Waals surface area contributed by atoms with E-state index in [4.69, 9.17) is 30.8 Å². The van der Waals surface area contributed by atoms with Gasteiger partial charge in [0.15, 0.2) is 5.65 Å². The van der Waals surface area contributed by atoms with Crippen molar-refractivity contribution in [3.63, 3.8) is 0 Å². The van der Waals surface area contributed by atoms with E-state index in [0.717, 1.165) is 56.2 Å². The highest BCUT2D eigenvalue weighted by Gasteiger charge is 2.34. The Morgan fingerprint density at radius 3 is 2.82 bits per heavy atom. The zero-order valence-electron chi connectivity index (χ0n) is 24.7. The summed E-state index contributed by atoms with van der Waals surface area (Å²) in [5.74, 6) is 2.12. The number of nitrogens with zero attached hydrogens (tertiary/aromatic N) is 6. The lowest BCUT2D eigenvalue weighted by Crippen LogP contribution is -2.40. The molecule has 0 spiro atoms. The van der Waals surface area contributed by atoms with Crippen molar-refractivity contribution in [1.29, 1.82) is 0 Å². The minimum Gasteiger partial charge on any atom is -0.487 e. The molecule has 6 bridgehead atoms. The molecule has 1 amide bonds. The number of ether oxygens (including phenoxy) is 3. The van der Waals surface area contributed by atoms with Crippen LogP contribution < -0.4 is 19.9 Å². The number of aliphatic hydroxyl groups excluding tert-OH is 1. The van der Waals surface area contributed by atoms with Crippen molar-refractivity contribution < 1.29 is 24.1 Å². The summed E-state index contributed by atoms with van der Waals surface area (Å²) in [5.41, 5.74) is 3.22. The molecule has 0 aliphatic carbocycles. The van der Waals surface area contributed by atoms with Gasteiger partial charge in [0.1, 0.15) is 29.0 Å². The van der Waals surface area contributed by atoms with Crippen LogP contribution in [0, 0.1) is 0 Å². The first-order valence-corrected chi connectivity index (χ1v) is 15.8. The zero-order chi connectivity index (χ0) is 30.0. The normalized spacial score (nSPS) is 23.4. The molecule has 2 saturated heterocycles. The average molecular weight is 624 g/mol. The Hall–Kier alpha value is -3.42. The molecule has 2 fully saturated rings. The molecule has 2 atom stereocenters. The van der Waals surface area contributed by atoms with E-state index in [1.807, 2.05) is 29.2 Å². The van der Waals surface area contributed by atoms with E-state index < -0.39 is 0 Å². The van der Waals surface area contributed by atoms with Crippen molar-refractivity contribution >= 4 is 46.2 Å². The first-order chi connectivity index (χ1) is 21.6. The Labute approximate surface area is 261 Å². The molecule has 44 heavy (non-hydrogen) atoms. The van der Waals surface area contributed by atoms with Crippen LogP contribution in [0.1, 0.15) is 24.8 Å². The molecule has 0 radical (unpaired) electrons. The number of carbonyl (C=O) groups excluding carboxylic acids is 1. The highest BCUT2D eigenvalue weighted by atomic mass is 35.5. The molecule has 4 aliphatic rings. The predicted octanol–water partition coefficient (Wildman–Crippen LogP) is 3.03. The van der Waals surface area contributed by atoms with E-state index in [9.17, 15) is 9.90 Å². The fourth-order valence-electron chi connectivity index (χ4n) is 6.58. The Balaban J connectivity index is 1.24. The van der Waals surface area contributed by atoms with Crippen molar-refractivity contribution in [3.05, 3.63) is 47.1 Å². The number of hydrogen-bond acceptors (Lipinski definition) is 10. The number of halogens is 1. The summed E-state index contributed by atoms with van der Waals surface area (Å²) >= 11 is 6.52. The van der Waals surface area contributed by atoms with Gasteiger partial charge < -0.3 is 34.4 Å². The van der Waals surface area contributed by atoms with E-state index in [1.54, 1.807) is 10.7 Å². The number of amides is 1. The first-order valence-electron chi connectivity index (χ1n) is 15.4. The third-order valence-electron chi connectivity index (χ3n) is 8.79. The molecule has 234 valence electrons. The highest BCUT2D eigenvalue weighted by Crippen LogP contribution is 2.41. The number of aliphatic hydroxyl groups is 1. The van der Waals surface area contributed by atoms with Crippen LogP contribution >= 0.6 is 11.6 Å². The van der Waals surface area contributed by atoms with Crippen molar-refractivity contribution in [1.82, 2.24) is 19.5 Å². The van der Waals surface area contributed by atoms with Gasteiger partial charge in [0, 0.05) is 57.0 Å². The maximum atomic E-state index is 13.3. The number of benzene rings is 1. The molecule has 13 heteroatoms. The number of fused-ring (bicyclic) bond motifs is 11. The van der Waals surface area contributed by atoms with Crippen molar-refractivity contribution in [2.45, 2.75) is 37.8 Å². The lowest BCUT2D eigenvalue weighted by molar-refractivity contribution is -0.119. The quantitative estimate of drug-likeness (QED) is 0.411. The number of nitrogens with one attached hydrogen (secondary N) is 1. The largest absolute Gasteiger partial charge is 0.487 e. The van der Waals surface area contributed by atoms with Gasteiger partial charge in [0.2, 0.25) is 5.91 Å². The van der Waals surface area contributed by atoms with Crippen LogP contribution in [0.15, 0.2) is 36.5 Å². The van der Waals surface area contributed by atoms with Crippen LogP contribution in [-0.4, -0.2) is 108 Å². The SMILES string of the molecule is O=C1CCc2cc3cc(c2N1CCCN1CCOCC1)OC/C=C/CO[C@H]1C[C@@H](CO)N(C1)c1cc(n2ncc(Cl)c2n1)N3. The second-order valence-corrected chi connectivity index (χ2v) is 12.1. The topological polar surface area (TPSA) is 117 Å². The number of morpholine rings is 1. The van der Waals surface area contributed by atoms with Crippen LogP contribution in [-0.2, 0) is 20.7 Å². The Morgan fingerprint density at radius 2 is 1.95 bits per heavy atom. The fraction of sp³-hybridized carbons (Fsp3) is 0.516. The van der Waals surface area contributed by atoms with Crippen LogP contribution in [0.3, 0.4) is 0 Å². The lowest BCUT2D eigenvalue weighted by atomic mass is 9.99. The number of aryl methyl sites for hydroxylation is 1. The van der Waals surface area contributed by atoms with Crippen molar-refractivity contribution in [2.75, 3.05) is 80.9 Å².